The second-order valence-corrected chi connectivity index (χ2v) is 9.32. The van der Waals surface area contributed by atoms with Crippen molar-refractivity contribution in [2.75, 3.05) is 36.6 Å². The van der Waals surface area contributed by atoms with Crippen molar-refractivity contribution in [3.05, 3.63) is 103 Å². The van der Waals surface area contributed by atoms with Crippen molar-refractivity contribution < 1.29 is 9.59 Å². The predicted octanol–water partition coefficient (Wildman–Crippen LogP) is 5.07. The molecule has 10 nitrogen and oxygen atoms in total. The highest BCUT2D eigenvalue weighted by atomic mass is 16.2. The lowest BCUT2D eigenvalue weighted by Crippen LogP contribution is -2.13. The molecule has 0 aliphatic heterocycles. The lowest BCUT2D eigenvalue weighted by Gasteiger charge is -2.10. The summed E-state index contributed by atoms with van der Waals surface area (Å²) in [6, 6.07) is 19.9. The molecule has 5 rings (SSSR count). The first-order valence-electron chi connectivity index (χ1n) is 12.6. The molecule has 0 saturated carbocycles. The standard InChI is InChI=1S/C30H28N8O2/c1-38(2)15-3-4-28(39)36-24-7-5-20(6-8-24)30(40)37-25-11-9-23(10-12-25)35-27-17-26(33-19-34-27)22-16-21-13-14-31-29(21)32-18-22/h3-14,16-19H,15H2,1-2H3,(H,31,32)(H,36,39)(H,37,40)(H,33,34,35)/b4-3+. The molecule has 0 fully saturated rings. The van der Waals surface area contributed by atoms with Crippen LogP contribution < -0.4 is 16.0 Å². The molecule has 4 N–H and O–H groups in total. The van der Waals surface area contributed by atoms with Gasteiger partial charge < -0.3 is 25.8 Å². The first kappa shape index (κ1) is 26.3. The molecule has 2 amide bonds. The number of carbonyl (C=O) groups is 2. The van der Waals surface area contributed by atoms with E-state index in [9.17, 15) is 9.59 Å². The Kier molecular flexibility index (Phi) is 7.89. The maximum absolute atomic E-state index is 12.7. The lowest BCUT2D eigenvalue weighted by molar-refractivity contribution is -0.111. The Morgan fingerprint density at radius 1 is 0.875 bits per heavy atom. The van der Waals surface area contributed by atoms with Gasteiger partial charge in [0.2, 0.25) is 5.91 Å². The summed E-state index contributed by atoms with van der Waals surface area (Å²) in [4.78, 5) is 42.9. The highest BCUT2D eigenvalue weighted by Crippen LogP contribution is 2.24. The summed E-state index contributed by atoms with van der Waals surface area (Å²) in [5.41, 5.74) is 5.01. The van der Waals surface area contributed by atoms with Gasteiger partial charge in [-0.2, -0.15) is 0 Å². The minimum atomic E-state index is -0.252. The van der Waals surface area contributed by atoms with Crippen LogP contribution in [0, 0.1) is 0 Å². The molecule has 40 heavy (non-hydrogen) atoms. The fraction of sp³-hybridized carbons (Fsp3) is 0.100. The second-order valence-electron chi connectivity index (χ2n) is 9.32. The zero-order chi connectivity index (χ0) is 27.9. The van der Waals surface area contributed by atoms with E-state index in [1.54, 1.807) is 48.7 Å². The van der Waals surface area contributed by atoms with Gasteiger partial charge in [0.1, 0.15) is 17.8 Å². The summed E-state index contributed by atoms with van der Waals surface area (Å²) in [7, 11) is 3.86. The average molecular weight is 533 g/mol. The van der Waals surface area contributed by atoms with E-state index in [0.29, 0.717) is 29.3 Å². The summed E-state index contributed by atoms with van der Waals surface area (Å²) in [6.07, 6.45) is 8.41. The third-order valence-corrected chi connectivity index (χ3v) is 5.93. The topological polar surface area (TPSA) is 128 Å². The van der Waals surface area contributed by atoms with Crippen LogP contribution in [0.5, 0.6) is 0 Å². The molecule has 2 aromatic carbocycles. The van der Waals surface area contributed by atoms with Crippen molar-refractivity contribution in [3.63, 3.8) is 0 Å². The zero-order valence-corrected chi connectivity index (χ0v) is 22.1. The van der Waals surface area contributed by atoms with Gasteiger partial charge in [0, 0.05) is 64.7 Å². The predicted molar refractivity (Wildman–Crippen MR) is 158 cm³/mol. The molecule has 0 unspecified atom stereocenters. The number of benzene rings is 2. The van der Waals surface area contributed by atoms with E-state index in [0.717, 1.165) is 28.0 Å². The molecule has 200 valence electrons. The number of hydrogen-bond acceptors (Lipinski definition) is 7. The van der Waals surface area contributed by atoms with Crippen molar-refractivity contribution in [1.29, 1.82) is 0 Å². The Morgan fingerprint density at radius 3 is 2.38 bits per heavy atom. The summed E-state index contributed by atoms with van der Waals surface area (Å²) >= 11 is 0. The Bertz CT molecular complexity index is 1660. The van der Waals surface area contributed by atoms with Gasteiger partial charge in [0.05, 0.1) is 5.69 Å². The first-order valence-corrected chi connectivity index (χ1v) is 12.6. The van der Waals surface area contributed by atoms with E-state index in [4.69, 9.17) is 0 Å². The van der Waals surface area contributed by atoms with Crippen LogP contribution in [0.1, 0.15) is 10.4 Å². The molecule has 0 saturated heterocycles. The van der Waals surface area contributed by atoms with Gasteiger partial charge in [-0.1, -0.05) is 6.08 Å². The van der Waals surface area contributed by atoms with Crippen LogP contribution in [0.3, 0.4) is 0 Å². The van der Waals surface area contributed by atoms with E-state index < -0.39 is 0 Å². The number of likely N-dealkylation sites (N-methyl/N-ethyl adjacent to an activating group) is 1. The van der Waals surface area contributed by atoms with Gasteiger partial charge in [-0.3, -0.25) is 9.59 Å². The number of nitrogens with one attached hydrogen (secondary N) is 4. The third kappa shape index (κ3) is 6.74. The van der Waals surface area contributed by atoms with E-state index in [2.05, 4.69) is 35.9 Å². The van der Waals surface area contributed by atoms with E-state index in [1.165, 1.54) is 12.4 Å². The van der Waals surface area contributed by atoms with Crippen LogP contribution in [-0.2, 0) is 4.79 Å². The number of aromatic amines is 1. The molecule has 10 heteroatoms. The molecular formula is C30H28N8O2. The molecule has 3 aromatic heterocycles. The lowest BCUT2D eigenvalue weighted by atomic mass is 10.1. The Morgan fingerprint density at radius 2 is 1.60 bits per heavy atom. The largest absolute Gasteiger partial charge is 0.346 e. The number of fused-ring (bicyclic) bond motifs is 1. The van der Waals surface area contributed by atoms with Gasteiger partial charge in [-0.05, 0) is 74.8 Å². The molecule has 3 heterocycles. The van der Waals surface area contributed by atoms with Crippen LogP contribution in [0.2, 0.25) is 0 Å². The number of H-pyrrole nitrogens is 1. The number of anilines is 4. The molecule has 0 aliphatic carbocycles. The molecule has 0 aliphatic rings. The maximum atomic E-state index is 12.7. The summed E-state index contributed by atoms with van der Waals surface area (Å²) < 4.78 is 0. The number of rotatable bonds is 9. The number of pyridine rings is 1. The molecule has 0 radical (unpaired) electrons. The highest BCUT2D eigenvalue weighted by molar-refractivity contribution is 6.05. The van der Waals surface area contributed by atoms with Crippen molar-refractivity contribution in [2.45, 2.75) is 0 Å². The molecule has 0 bridgehead atoms. The minimum Gasteiger partial charge on any atom is -0.346 e. The Hall–Kier alpha value is -5.35. The van der Waals surface area contributed by atoms with Gasteiger partial charge in [-0.15, -0.1) is 0 Å². The fourth-order valence-electron chi connectivity index (χ4n) is 3.91. The third-order valence-electron chi connectivity index (χ3n) is 5.93. The van der Waals surface area contributed by atoms with Gasteiger partial charge in [0.25, 0.3) is 5.91 Å². The van der Waals surface area contributed by atoms with Crippen molar-refractivity contribution in [3.8, 4) is 11.3 Å². The SMILES string of the molecule is CN(C)C/C=C/C(=O)Nc1ccc(C(=O)Nc2ccc(Nc3cc(-c4cnc5[nH]ccc5c4)ncn3)cc2)cc1. The van der Waals surface area contributed by atoms with Crippen LogP contribution in [0.4, 0.5) is 22.9 Å². The van der Waals surface area contributed by atoms with E-state index in [1.807, 2.05) is 55.5 Å². The highest BCUT2D eigenvalue weighted by Gasteiger charge is 2.08. The van der Waals surface area contributed by atoms with Crippen LogP contribution >= 0.6 is 0 Å². The van der Waals surface area contributed by atoms with Crippen LogP contribution in [-0.4, -0.2) is 57.3 Å². The molecule has 0 atom stereocenters. The smallest absolute Gasteiger partial charge is 0.255 e. The average Bonchev–Trinajstić information content (AvgIpc) is 3.43. The van der Waals surface area contributed by atoms with Gasteiger partial charge >= 0.3 is 0 Å². The normalized spacial score (nSPS) is 11.2. The molecule has 0 spiro atoms. The number of aromatic nitrogens is 4. The number of amides is 2. The summed E-state index contributed by atoms with van der Waals surface area (Å²) in [5.74, 6) is 0.162. The molecule has 5 aromatic rings. The number of carbonyl (C=O) groups excluding carboxylic acids is 2. The van der Waals surface area contributed by atoms with Gasteiger partial charge in [-0.25, -0.2) is 15.0 Å². The van der Waals surface area contributed by atoms with Crippen molar-refractivity contribution >= 4 is 45.7 Å². The van der Waals surface area contributed by atoms with Crippen molar-refractivity contribution in [2.24, 2.45) is 0 Å². The fourth-order valence-corrected chi connectivity index (χ4v) is 3.91. The second kappa shape index (κ2) is 12.0. The summed E-state index contributed by atoms with van der Waals surface area (Å²) in [6.45, 7) is 0.676. The maximum Gasteiger partial charge on any atom is 0.255 e. The van der Waals surface area contributed by atoms with Gasteiger partial charge in [0.15, 0.2) is 0 Å². The number of nitrogens with zero attached hydrogens (tertiary/aromatic N) is 4. The Balaban J connectivity index is 1.17. The first-order chi connectivity index (χ1) is 19.4. The van der Waals surface area contributed by atoms with Crippen LogP contribution in [0.25, 0.3) is 22.3 Å². The van der Waals surface area contributed by atoms with E-state index >= 15 is 0 Å². The van der Waals surface area contributed by atoms with E-state index in [-0.39, 0.29) is 11.8 Å². The van der Waals surface area contributed by atoms with Crippen molar-refractivity contribution in [1.82, 2.24) is 24.8 Å². The number of hydrogen-bond donors (Lipinski definition) is 4. The molecular weight excluding hydrogens is 504 g/mol. The quantitative estimate of drug-likeness (QED) is 0.195. The minimum absolute atomic E-state index is 0.221. The zero-order valence-electron chi connectivity index (χ0n) is 22.1. The Labute approximate surface area is 231 Å². The summed E-state index contributed by atoms with van der Waals surface area (Å²) in [5, 5.41) is 9.94. The van der Waals surface area contributed by atoms with Crippen LogP contribution in [0.15, 0.2) is 97.6 Å². The monoisotopic (exact) mass is 532 g/mol.